The highest BCUT2D eigenvalue weighted by molar-refractivity contribution is 5.90. The number of hydrogen-bond donors (Lipinski definition) is 1. The summed E-state index contributed by atoms with van der Waals surface area (Å²) >= 11 is 0. The quantitative estimate of drug-likeness (QED) is 0.672. The van der Waals surface area contributed by atoms with Gasteiger partial charge in [-0.2, -0.15) is 0 Å². The molecule has 0 spiro atoms. The number of nitrogens with one attached hydrogen (secondary N) is 1. The van der Waals surface area contributed by atoms with Gasteiger partial charge in [0.15, 0.2) is 5.90 Å². The largest absolute Gasteiger partial charge is 0.484 e. The number of anilines is 2. The lowest BCUT2D eigenvalue weighted by molar-refractivity contribution is -0.384. The molecule has 128 valence electrons. The van der Waals surface area contributed by atoms with Crippen molar-refractivity contribution in [3.8, 4) is 0 Å². The molecule has 2 aromatic rings. The van der Waals surface area contributed by atoms with Crippen LogP contribution in [-0.4, -0.2) is 37.2 Å². The fourth-order valence-electron chi connectivity index (χ4n) is 3.72. The van der Waals surface area contributed by atoms with Crippen LogP contribution in [0.2, 0.25) is 0 Å². The van der Waals surface area contributed by atoms with Crippen molar-refractivity contribution in [1.29, 1.82) is 0 Å². The van der Waals surface area contributed by atoms with E-state index in [0.717, 1.165) is 16.9 Å². The maximum Gasteiger partial charge on any atom is 0.269 e. The number of benzene rings is 2. The summed E-state index contributed by atoms with van der Waals surface area (Å²) in [5.41, 5.74) is 3.17. The smallest absolute Gasteiger partial charge is 0.269 e. The Morgan fingerprint density at radius 2 is 1.92 bits per heavy atom. The van der Waals surface area contributed by atoms with Crippen LogP contribution in [0, 0.1) is 10.1 Å². The van der Waals surface area contributed by atoms with Gasteiger partial charge in [-0.1, -0.05) is 24.3 Å². The fourth-order valence-corrected chi connectivity index (χ4v) is 3.72. The van der Waals surface area contributed by atoms with Crippen LogP contribution < -0.4 is 10.2 Å². The van der Waals surface area contributed by atoms with E-state index >= 15 is 0 Å². The predicted molar refractivity (Wildman–Crippen MR) is 96.3 cm³/mol. The second-order valence-corrected chi connectivity index (χ2v) is 6.21. The predicted octanol–water partition coefficient (Wildman–Crippen LogP) is 2.99. The first-order valence-electron chi connectivity index (χ1n) is 8.04. The lowest BCUT2D eigenvalue weighted by atomic mass is 9.89. The highest BCUT2D eigenvalue weighted by atomic mass is 16.6. The average molecular weight is 338 g/mol. The number of rotatable bonds is 2. The van der Waals surface area contributed by atoms with Crippen molar-refractivity contribution in [2.45, 2.75) is 18.1 Å². The van der Waals surface area contributed by atoms with Gasteiger partial charge >= 0.3 is 0 Å². The van der Waals surface area contributed by atoms with E-state index in [9.17, 15) is 10.1 Å². The average Bonchev–Trinajstić information content (AvgIpc) is 3.00. The molecule has 7 heteroatoms. The summed E-state index contributed by atoms with van der Waals surface area (Å²) in [5.74, 6) is 0.540. The van der Waals surface area contributed by atoms with E-state index in [4.69, 9.17) is 9.73 Å². The Kier molecular flexibility index (Phi) is 3.56. The first-order valence-corrected chi connectivity index (χ1v) is 8.04. The number of non-ortho nitro benzene ring substituents is 1. The Bertz CT molecular complexity index is 850. The molecular formula is C18H18N4O3. The lowest BCUT2D eigenvalue weighted by Gasteiger charge is -2.40. The standard InChI is InChI=1S/C18H18N4O3/c1-21-14-6-4-3-5-13(14)19-17-16(21)15(18(20-17)25-2)11-7-9-12(10-8-11)22(23)24/h3-10,15-17,19H,1-2H3. The molecule has 2 aliphatic heterocycles. The summed E-state index contributed by atoms with van der Waals surface area (Å²) in [6.45, 7) is 0. The monoisotopic (exact) mass is 338 g/mol. The van der Waals surface area contributed by atoms with E-state index < -0.39 is 4.92 Å². The third-order valence-electron chi connectivity index (χ3n) is 4.90. The minimum absolute atomic E-state index is 0.0336. The minimum Gasteiger partial charge on any atom is -0.484 e. The van der Waals surface area contributed by atoms with Gasteiger partial charge in [0.1, 0.15) is 6.17 Å². The number of aliphatic imine (C=N–C) groups is 1. The van der Waals surface area contributed by atoms with Gasteiger partial charge in [-0.05, 0) is 17.7 Å². The van der Waals surface area contributed by atoms with Crippen molar-refractivity contribution in [1.82, 2.24) is 0 Å². The SMILES string of the molecule is COC1=NC2Nc3ccccc3N(C)C2C1c1ccc([N+](=O)[O-])cc1. The summed E-state index contributed by atoms with van der Waals surface area (Å²) in [6.07, 6.45) is -0.130. The third kappa shape index (κ3) is 2.39. The number of fused-ring (bicyclic) bond motifs is 2. The van der Waals surface area contributed by atoms with Gasteiger partial charge in [0.05, 0.1) is 35.4 Å². The summed E-state index contributed by atoms with van der Waals surface area (Å²) in [7, 11) is 3.66. The normalized spacial score (nSPS) is 24.0. The Morgan fingerprint density at radius 1 is 1.20 bits per heavy atom. The van der Waals surface area contributed by atoms with E-state index in [1.54, 1.807) is 19.2 Å². The number of hydrogen-bond acceptors (Lipinski definition) is 6. The van der Waals surface area contributed by atoms with Crippen LogP contribution in [0.1, 0.15) is 11.5 Å². The topological polar surface area (TPSA) is 80.0 Å². The van der Waals surface area contributed by atoms with E-state index in [0.29, 0.717) is 5.90 Å². The molecule has 7 nitrogen and oxygen atoms in total. The maximum absolute atomic E-state index is 10.9. The molecule has 4 rings (SSSR count). The summed E-state index contributed by atoms with van der Waals surface area (Å²) in [5, 5.41) is 14.4. The zero-order chi connectivity index (χ0) is 17.6. The zero-order valence-electron chi connectivity index (χ0n) is 13.9. The highest BCUT2D eigenvalue weighted by Crippen LogP contribution is 2.42. The second-order valence-electron chi connectivity index (χ2n) is 6.21. The second kappa shape index (κ2) is 5.77. The van der Waals surface area contributed by atoms with Crippen LogP contribution in [0.4, 0.5) is 17.1 Å². The van der Waals surface area contributed by atoms with Gasteiger partial charge in [0.25, 0.3) is 5.69 Å². The van der Waals surface area contributed by atoms with Crippen LogP contribution in [0.15, 0.2) is 53.5 Å². The van der Waals surface area contributed by atoms with Gasteiger partial charge in [0.2, 0.25) is 0 Å². The summed E-state index contributed by atoms with van der Waals surface area (Å²) in [4.78, 5) is 17.4. The van der Waals surface area contributed by atoms with E-state index in [2.05, 4.69) is 16.3 Å². The first-order chi connectivity index (χ1) is 12.1. The molecule has 0 bridgehead atoms. The molecule has 3 unspecified atom stereocenters. The first kappa shape index (κ1) is 15.4. The number of likely N-dealkylation sites (N-methyl/N-ethyl adjacent to an activating group) is 1. The van der Waals surface area contributed by atoms with Gasteiger partial charge in [-0.25, -0.2) is 4.99 Å². The van der Waals surface area contributed by atoms with Crippen LogP contribution in [0.3, 0.4) is 0 Å². The zero-order valence-corrected chi connectivity index (χ0v) is 13.9. The molecule has 2 aliphatic rings. The number of para-hydroxylation sites is 2. The molecule has 1 N–H and O–H groups in total. The Balaban J connectivity index is 1.74. The Labute approximate surface area is 145 Å². The van der Waals surface area contributed by atoms with Crippen LogP contribution in [0.25, 0.3) is 0 Å². The van der Waals surface area contributed by atoms with Gasteiger partial charge in [0, 0.05) is 19.2 Å². The third-order valence-corrected chi connectivity index (χ3v) is 4.90. The maximum atomic E-state index is 10.9. The van der Waals surface area contributed by atoms with Crippen LogP contribution in [0.5, 0.6) is 0 Å². The highest BCUT2D eigenvalue weighted by Gasteiger charge is 2.46. The van der Waals surface area contributed by atoms with E-state index in [1.165, 1.54) is 12.1 Å². The Morgan fingerprint density at radius 3 is 2.60 bits per heavy atom. The number of nitro benzene ring substituents is 1. The van der Waals surface area contributed by atoms with Gasteiger partial charge < -0.3 is 15.0 Å². The van der Waals surface area contributed by atoms with Crippen molar-refractivity contribution in [2.75, 3.05) is 24.4 Å². The molecule has 0 radical (unpaired) electrons. The molecule has 0 fully saturated rings. The molecule has 0 aromatic heterocycles. The van der Waals surface area contributed by atoms with Gasteiger partial charge in [-0.3, -0.25) is 10.1 Å². The molecule has 0 amide bonds. The van der Waals surface area contributed by atoms with E-state index in [-0.39, 0.29) is 23.8 Å². The molecule has 0 saturated carbocycles. The molecule has 3 atom stereocenters. The van der Waals surface area contributed by atoms with Crippen LogP contribution >= 0.6 is 0 Å². The summed E-state index contributed by atoms with van der Waals surface area (Å²) in [6, 6.07) is 14.8. The van der Waals surface area contributed by atoms with Gasteiger partial charge in [-0.15, -0.1) is 0 Å². The van der Waals surface area contributed by atoms with Crippen molar-refractivity contribution < 1.29 is 9.66 Å². The molecule has 2 aromatic carbocycles. The van der Waals surface area contributed by atoms with Crippen molar-refractivity contribution >= 4 is 23.0 Å². The lowest BCUT2D eigenvalue weighted by Crippen LogP contribution is -2.49. The van der Waals surface area contributed by atoms with Crippen molar-refractivity contribution in [2.24, 2.45) is 4.99 Å². The number of ether oxygens (including phenoxy) is 1. The van der Waals surface area contributed by atoms with E-state index in [1.807, 2.05) is 25.2 Å². The van der Waals surface area contributed by atoms with Crippen molar-refractivity contribution in [3.05, 3.63) is 64.2 Å². The molecule has 25 heavy (non-hydrogen) atoms. The number of nitro groups is 1. The molecule has 2 heterocycles. The molecule has 0 aliphatic carbocycles. The Hall–Kier alpha value is -3.09. The molecular weight excluding hydrogens is 320 g/mol. The number of methoxy groups -OCH3 is 1. The van der Waals surface area contributed by atoms with Crippen molar-refractivity contribution in [3.63, 3.8) is 0 Å². The minimum atomic E-state index is -0.392. The van der Waals surface area contributed by atoms with Crippen LogP contribution in [-0.2, 0) is 4.74 Å². The fraction of sp³-hybridized carbons (Fsp3) is 0.278. The number of nitrogens with zero attached hydrogens (tertiary/aromatic N) is 3. The summed E-state index contributed by atoms with van der Waals surface area (Å²) < 4.78 is 5.54. The molecule has 0 saturated heterocycles.